The van der Waals surface area contributed by atoms with Crippen LogP contribution in [-0.4, -0.2) is 18.0 Å². The summed E-state index contributed by atoms with van der Waals surface area (Å²) in [6.45, 7) is 1.80. The highest BCUT2D eigenvalue weighted by Crippen LogP contribution is 2.16. The highest BCUT2D eigenvalue weighted by atomic mass is 32.1. The van der Waals surface area contributed by atoms with Crippen molar-refractivity contribution in [3.05, 3.63) is 30.3 Å². The van der Waals surface area contributed by atoms with Crippen molar-refractivity contribution < 1.29 is 19.2 Å². The Morgan fingerprint density at radius 1 is 1.31 bits per heavy atom. The molecule has 0 aliphatic carbocycles. The van der Waals surface area contributed by atoms with E-state index in [0.717, 1.165) is 5.06 Å². The summed E-state index contributed by atoms with van der Waals surface area (Å²) >= 11 is 3.60. The van der Waals surface area contributed by atoms with Gasteiger partial charge in [0.25, 0.3) is 0 Å². The maximum atomic E-state index is 11.1. The summed E-state index contributed by atoms with van der Waals surface area (Å²) in [6, 6.07) is 8.39. The number of hydrogen-bond donors (Lipinski definition) is 1. The van der Waals surface area contributed by atoms with Gasteiger partial charge in [-0.25, -0.2) is 4.79 Å². The summed E-state index contributed by atoms with van der Waals surface area (Å²) in [5, 5.41) is 0.0421. The van der Waals surface area contributed by atoms with Gasteiger partial charge in [-0.2, -0.15) is 0 Å². The summed E-state index contributed by atoms with van der Waals surface area (Å²) in [4.78, 5) is 26.9. The first-order chi connectivity index (χ1) is 7.65. The summed E-state index contributed by atoms with van der Waals surface area (Å²) in [5.41, 5.74) is 0.399. The van der Waals surface area contributed by atoms with Gasteiger partial charge in [0.05, 0.1) is 12.3 Å². The average Bonchev–Trinajstić information content (AvgIpc) is 2.27. The van der Waals surface area contributed by atoms with Crippen LogP contribution in [0.25, 0.3) is 0 Å². The lowest BCUT2D eigenvalue weighted by Gasteiger charge is -2.17. The van der Waals surface area contributed by atoms with Crippen molar-refractivity contribution in [1.82, 2.24) is 0 Å². The Bertz CT molecular complexity index is 368. The fraction of sp³-hybridized carbons (Fsp3) is 0.200. The van der Waals surface area contributed by atoms with Gasteiger partial charge in [0.2, 0.25) is 0 Å². The van der Waals surface area contributed by atoms with E-state index in [1.807, 2.05) is 0 Å². The number of rotatable bonds is 2. The number of hydrogen-bond acceptors (Lipinski definition) is 4. The molecule has 0 atom stereocenters. The van der Waals surface area contributed by atoms with Gasteiger partial charge in [-0.1, -0.05) is 30.8 Å². The fourth-order valence-electron chi connectivity index (χ4n) is 0.984. The molecule has 1 aromatic carbocycles. The molecule has 6 heteroatoms. The Hall–Kier alpha value is -1.69. The maximum absolute atomic E-state index is 11.1. The van der Waals surface area contributed by atoms with Crippen LogP contribution in [0.1, 0.15) is 6.92 Å². The van der Waals surface area contributed by atoms with E-state index >= 15 is 0 Å². The van der Waals surface area contributed by atoms with Crippen LogP contribution in [0.4, 0.5) is 15.3 Å². The molecule has 0 N–H and O–H groups in total. The summed E-state index contributed by atoms with van der Waals surface area (Å²) in [6.07, 6.45) is -0.950. The third kappa shape index (κ3) is 3.47. The van der Waals surface area contributed by atoms with E-state index in [-0.39, 0.29) is 6.61 Å². The minimum Gasteiger partial charge on any atom is -0.433 e. The second-order valence-electron chi connectivity index (χ2n) is 2.69. The number of thiol groups is 1. The molecule has 0 bridgehead atoms. The summed E-state index contributed by atoms with van der Waals surface area (Å²) in [5.74, 6) is 0. The number of carbonyl (C=O) groups excluding carboxylic acids is 2. The maximum Gasteiger partial charge on any atom is 0.533 e. The minimum atomic E-state index is -0.950. The highest BCUT2D eigenvalue weighted by Gasteiger charge is 2.18. The molecule has 0 aliphatic rings. The molecular formula is C10H11NO4S. The SMILES string of the molecule is CCOC(=O)ON(C(=O)S)c1ccccc1. The van der Waals surface area contributed by atoms with Gasteiger partial charge in [0, 0.05) is 0 Å². The minimum absolute atomic E-state index is 0.169. The summed E-state index contributed by atoms with van der Waals surface area (Å²) in [7, 11) is 0. The van der Waals surface area contributed by atoms with Crippen LogP contribution < -0.4 is 5.06 Å². The topological polar surface area (TPSA) is 55.8 Å². The van der Waals surface area contributed by atoms with Crippen molar-refractivity contribution in [2.24, 2.45) is 0 Å². The van der Waals surface area contributed by atoms with Crippen LogP contribution in [0.3, 0.4) is 0 Å². The third-order valence-corrected chi connectivity index (χ3v) is 1.77. The fourth-order valence-corrected chi connectivity index (χ4v) is 1.14. The first kappa shape index (κ1) is 12.4. The highest BCUT2D eigenvalue weighted by molar-refractivity contribution is 7.96. The van der Waals surface area contributed by atoms with Gasteiger partial charge in [-0.3, -0.25) is 9.63 Å². The molecule has 0 saturated heterocycles. The van der Waals surface area contributed by atoms with Gasteiger partial charge >= 0.3 is 11.4 Å². The van der Waals surface area contributed by atoms with Crippen LogP contribution in [0.5, 0.6) is 0 Å². The molecule has 16 heavy (non-hydrogen) atoms. The second-order valence-corrected chi connectivity index (χ2v) is 3.07. The molecular weight excluding hydrogens is 230 g/mol. The van der Waals surface area contributed by atoms with Gasteiger partial charge < -0.3 is 4.74 Å². The average molecular weight is 241 g/mol. The Kier molecular flexibility index (Phi) is 4.65. The Morgan fingerprint density at radius 3 is 2.44 bits per heavy atom. The van der Waals surface area contributed by atoms with Crippen molar-refractivity contribution in [2.75, 3.05) is 11.7 Å². The molecule has 0 saturated carbocycles. The molecule has 0 heterocycles. The van der Waals surface area contributed by atoms with Crippen LogP contribution in [0.2, 0.25) is 0 Å². The quantitative estimate of drug-likeness (QED) is 0.491. The number of benzene rings is 1. The van der Waals surface area contributed by atoms with Crippen LogP contribution in [-0.2, 0) is 9.57 Å². The number of hydroxylamine groups is 1. The predicted molar refractivity (Wildman–Crippen MR) is 61.4 cm³/mol. The lowest BCUT2D eigenvalue weighted by Crippen LogP contribution is -2.29. The first-order valence-corrected chi connectivity index (χ1v) is 5.02. The molecule has 1 amide bonds. The van der Waals surface area contributed by atoms with Crippen molar-refractivity contribution >= 4 is 29.7 Å². The normalized spacial score (nSPS) is 9.38. The van der Waals surface area contributed by atoms with Gasteiger partial charge in [-0.15, -0.1) is 5.06 Å². The Morgan fingerprint density at radius 2 is 1.94 bits per heavy atom. The van der Waals surface area contributed by atoms with E-state index in [9.17, 15) is 9.59 Å². The van der Waals surface area contributed by atoms with Crippen LogP contribution >= 0.6 is 12.6 Å². The van der Waals surface area contributed by atoms with Crippen LogP contribution in [0, 0.1) is 0 Å². The predicted octanol–water partition coefficient (Wildman–Crippen LogP) is 2.63. The van der Waals surface area contributed by atoms with E-state index < -0.39 is 11.4 Å². The van der Waals surface area contributed by atoms with Crippen molar-refractivity contribution in [2.45, 2.75) is 6.92 Å². The smallest absolute Gasteiger partial charge is 0.433 e. The number of amides is 1. The molecule has 1 aromatic rings. The number of para-hydroxylation sites is 1. The number of carbonyl (C=O) groups is 2. The molecule has 5 nitrogen and oxygen atoms in total. The molecule has 0 aromatic heterocycles. The van der Waals surface area contributed by atoms with E-state index in [1.165, 1.54) is 0 Å². The zero-order chi connectivity index (χ0) is 12.0. The standard InChI is InChI=1S/C10H11NO4S/c1-2-14-10(13)15-11(9(12)16)8-6-4-3-5-7-8/h3-7H,2H2,1H3,(H,12,16). The van der Waals surface area contributed by atoms with E-state index in [0.29, 0.717) is 5.69 Å². The zero-order valence-electron chi connectivity index (χ0n) is 8.62. The second kappa shape index (κ2) is 6.02. The summed E-state index contributed by atoms with van der Waals surface area (Å²) < 4.78 is 4.56. The van der Waals surface area contributed by atoms with Crippen molar-refractivity contribution in [1.29, 1.82) is 0 Å². The number of ether oxygens (including phenoxy) is 1. The number of nitrogens with zero attached hydrogens (tertiary/aromatic N) is 1. The molecule has 0 aliphatic heterocycles. The zero-order valence-corrected chi connectivity index (χ0v) is 9.52. The molecule has 0 radical (unpaired) electrons. The molecule has 1 rings (SSSR count). The molecule has 0 unspecified atom stereocenters. The van der Waals surface area contributed by atoms with Gasteiger partial charge in [0.15, 0.2) is 0 Å². The van der Waals surface area contributed by atoms with E-state index in [2.05, 4.69) is 22.2 Å². The van der Waals surface area contributed by atoms with Crippen molar-refractivity contribution in [3.63, 3.8) is 0 Å². The van der Waals surface area contributed by atoms with Gasteiger partial charge in [-0.05, 0) is 19.1 Å². The lowest BCUT2D eigenvalue weighted by atomic mass is 10.3. The van der Waals surface area contributed by atoms with E-state index in [4.69, 9.17) is 0 Å². The lowest BCUT2D eigenvalue weighted by molar-refractivity contribution is 0.0577. The third-order valence-electron chi connectivity index (χ3n) is 1.59. The van der Waals surface area contributed by atoms with Crippen LogP contribution in [0.15, 0.2) is 30.3 Å². The van der Waals surface area contributed by atoms with E-state index in [1.54, 1.807) is 37.3 Å². The monoisotopic (exact) mass is 241 g/mol. The van der Waals surface area contributed by atoms with Gasteiger partial charge in [0.1, 0.15) is 0 Å². The Labute approximate surface area is 98.3 Å². The Balaban J connectivity index is 2.77. The largest absolute Gasteiger partial charge is 0.533 e. The molecule has 0 spiro atoms. The van der Waals surface area contributed by atoms with Crippen molar-refractivity contribution in [3.8, 4) is 0 Å². The number of anilines is 1. The first-order valence-electron chi connectivity index (χ1n) is 4.58. The molecule has 86 valence electrons. The molecule has 0 fully saturated rings.